The van der Waals surface area contributed by atoms with Gasteiger partial charge in [-0.3, -0.25) is 9.80 Å². The van der Waals surface area contributed by atoms with Crippen molar-refractivity contribution in [2.24, 2.45) is 5.92 Å². The number of aryl methyl sites for hydroxylation is 1. The molecule has 3 fully saturated rings. The predicted octanol–water partition coefficient (Wildman–Crippen LogP) is 5.06. The molecule has 2 bridgehead atoms. The lowest BCUT2D eigenvalue weighted by Crippen LogP contribution is -2.53. The van der Waals surface area contributed by atoms with E-state index >= 15 is 0 Å². The number of hydrogen-bond acceptors (Lipinski definition) is 4. The minimum Gasteiger partial charge on any atom is -0.444 e. The lowest BCUT2D eigenvalue weighted by molar-refractivity contribution is -0.0311. The van der Waals surface area contributed by atoms with E-state index in [1.54, 1.807) is 16.2 Å². The number of ether oxygens (including phenoxy) is 1. The van der Waals surface area contributed by atoms with Crippen molar-refractivity contribution in [3.8, 4) is 0 Å². The molecule has 0 aliphatic carbocycles. The fraction of sp³-hybridized carbons (Fsp3) is 0.450. The number of carbonyl (C=O) groups excluding carboxylic acids is 1. The van der Waals surface area contributed by atoms with E-state index in [1.165, 1.54) is 0 Å². The Bertz CT molecular complexity index is 786. The summed E-state index contributed by atoms with van der Waals surface area (Å²) in [5.41, 5.74) is 2.02. The molecule has 1 aromatic heterocycles. The largest absolute Gasteiger partial charge is 0.444 e. The third kappa shape index (κ3) is 3.97. The van der Waals surface area contributed by atoms with Gasteiger partial charge in [-0.2, -0.15) is 0 Å². The molecule has 3 aliphatic heterocycles. The van der Waals surface area contributed by atoms with Crippen molar-refractivity contribution in [3.63, 3.8) is 0 Å². The molecule has 0 spiro atoms. The van der Waals surface area contributed by atoms with Crippen LogP contribution in [0.3, 0.4) is 0 Å². The molecule has 3 saturated heterocycles. The molecule has 26 heavy (non-hydrogen) atoms. The molecule has 6 heteroatoms. The average Bonchev–Trinajstić information content (AvgIpc) is 3.05. The van der Waals surface area contributed by atoms with Gasteiger partial charge in [0.1, 0.15) is 6.10 Å². The molecular formula is C20H23BrN2O2S. The van der Waals surface area contributed by atoms with Crippen LogP contribution in [0.5, 0.6) is 0 Å². The molecule has 0 unspecified atom stereocenters. The Morgan fingerprint density at radius 3 is 2.73 bits per heavy atom. The smallest absolute Gasteiger partial charge is 0.414 e. The van der Waals surface area contributed by atoms with Crippen molar-refractivity contribution in [1.82, 2.24) is 4.90 Å². The summed E-state index contributed by atoms with van der Waals surface area (Å²) in [5.74, 6) is 0.513. The first-order chi connectivity index (χ1) is 12.6. The number of anilines is 1. The molecule has 138 valence electrons. The highest BCUT2D eigenvalue weighted by molar-refractivity contribution is 9.11. The van der Waals surface area contributed by atoms with Crippen LogP contribution in [0, 0.1) is 12.8 Å². The zero-order valence-electron chi connectivity index (χ0n) is 14.9. The maximum atomic E-state index is 13.1. The standard InChI is InChI=1S/C20H23BrN2O2S/c1-14-3-2-4-16(11-14)23(12-17-5-6-19(21)26-17)20(24)25-18-13-22-9-7-15(18)8-10-22/h2-6,11,15,18H,7-10,12-13H2,1H3/t18-/m0/s1. The van der Waals surface area contributed by atoms with Gasteiger partial charge < -0.3 is 4.74 Å². The first-order valence-electron chi connectivity index (χ1n) is 9.10. The van der Waals surface area contributed by atoms with Crippen LogP contribution in [0.1, 0.15) is 23.3 Å². The summed E-state index contributed by atoms with van der Waals surface area (Å²) in [6.45, 7) is 5.73. The quantitative estimate of drug-likeness (QED) is 0.674. The third-order valence-electron chi connectivity index (χ3n) is 5.32. The zero-order valence-corrected chi connectivity index (χ0v) is 17.3. The molecule has 3 aliphatic rings. The molecule has 2 aromatic rings. The van der Waals surface area contributed by atoms with Crippen molar-refractivity contribution >= 4 is 39.0 Å². The normalized spacial score (nSPS) is 24.5. The number of carbonyl (C=O) groups is 1. The van der Waals surface area contributed by atoms with Gasteiger partial charge in [0.15, 0.2) is 0 Å². The van der Waals surface area contributed by atoms with Gasteiger partial charge in [-0.15, -0.1) is 11.3 Å². The number of benzene rings is 1. The lowest BCUT2D eigenvalue weighted by atomic mass is 9.86. The maximum absolute atomic E-state index is 13.1. The summed E-state index contributed by atoms with van der Waals surface area (Å²) < 4.78 is 7.07. The van der Waals surface area contributed by atoms with E-state index in [0.29, 0.717) is 12.5 Å². The van der Waals surface area contributed by atoms with Gasteiger partial charge in [0.25, 0.3) is 0 Å². The second-order valence-electron chi connectivity index (χ2n) is 7.19. The summed E-state index contributed by atoms with van der Waals surface area (Å²) in [7, 11) is 0. The van der Waals surface area contributed by atoms with E-state index in [0.717, 1.165) is 52.4 Å². The highest BCUT2D eigenvalue weighted by atomic mass is 79.9. The van der Waals surface area contributed by atoms with Crippen LogP contribution in [0.4, 0.5) is 10.5 Å². The Balaban J connectivity index is 1.54. The molecule has 4 nitrogen and oxygen atoms in total. The van der Waals surface area contributed by atoms with Crippen LogP contribution in [0.2, 0.25) is 0 Å². The number of rotatable bonds is 4. The molecule has 4 heterocycles. The fourth-order valence-corrected chi connectivity index (χ4v) is 5.36. The minimum absolute atomic E-state index is 0.0207. The van der Waals surface area contributed by atoms with E-state index in [4.69, 9.17) is 4.74 Å². The van der Waals surface area contributed by atoms with E-state index in [-0.39, 0.29) is 12.2 Å². The van der Waals surface area contributed by atoms with Crippen molar-refractivity contribution in [2.75, 3.05) is 24.5 Å². The average molecular weight is 435 g/mol. The number of hydrogen-bond donors (Lipinski definition) is 0. The van der Waals surface area contributed by atoms with Gasteiger partial charge in [0.05, 0.1) is 10.3 Å². The number of amides is 1. The highest BCUT2D eigenvalue weighted by Crippen LogP contribution is 2.31. The first kappa shape index (κ1) is 18.0. The second-order valence-corrected chi connectivity index (χ2v) is 9.74. The summed E-state index contributed by atoms with van der Waals surface area (Å²) in [5, 5.41) is 0. The number of halogens is 1. The van der Waals surface area contributed by atoms with Gasteiger partial charge in [0, 0.05) is 17.1 Å². The Kier molecular flexibility index (Phi) is 5.34. The molecule has 1 amide bonds. The van der Waals surface area contributed by atoms with Crippen LogP contribution in [-0.2, 0) is 11.3 Å². The van der Waals surface area contributed by atoms with E-state index in [9.17, 15) is 4.79 Å². The number of piperidine rings is 3. The van der Waals surface area contributed by atoms with E-state index in [2.05, 4.69) is 26.9 Å². The molecule has 0 saturated carbocycles. The Labute approximate surface area is 166 Å². The minimum atomic E-state index is -0.237. The number of thiophene rings is 1. The predicted molar refractivity (Wildman–Crippen MR) is 109 cm³/mol. The van der Waals surface area contributed by atoms with Gasteiger partial charge in [0.2, 0.25) is 0 Å². The molecular weight excluding hydrogens is 412 g/mol. The van der Waals surface area contributed by atoms with Gasteiger partial charge in [-0.25, -0.2) is 4.79 Å². The van der Waals surface area contributed by atoms with Crippen molar-refractivity contribution in [3.05, 3.63) is 50.6 Å². The summed E-state index contributed by atoms with van der Waals surface area (Å²) in [6.07, 6.45) is 2.06. The van der Waals surface area contributed by atoms with Gasteiger partial charge >= 0.3 is 6.09 Å². The summed E-state index contributed by atoms with van der Waals surface area (Å²) >= 11 is 5.16. The second kappa shape index (κ2) is 7.71. The number of fused-ring (bicyclic) bond motifs is 3. The number of nitrogens with zero attached hydrogens (tertiary/aromatic N) is 2. The SMILES string of the molecule is Cc1cccc(N(Cc2ccc(Br)s2)C(=O)O[C@H]2CN3CCC2CC3)c1. The Morgan fingerprint density at radius 1 is 1.31 bits per heavy atom. The molecule has 0 radical (unpaired) electrons. The molecule has 1 atom stereocenters. The van der Waals surface area contributed by atoms with E-state index in [1.807, 2.05) is 37.3 Å². The maximum Gasteiger partial charge on any atom is 0.414 e. The van der Waals surface area contributed by atoms with Crippen LogP contribution in [0.15, 0.2) is 40.2 Å². The summed E-state index contributed by atoms with van der Waals surface area (Å²) in [6, 6.07) is 12.1. The van der Waals surface area contributed by atoms with Crippen LogP contribution in [0.25, 0.3) is 0 Å². The highest BCUT2D eigenvalue weighted by Gasteiger charge is 2.37. The van der Waals surface area contributed by atoms with Gasteiger partial charge in [-0.1, -0.05) is 12.1 Å². The molecule has 0 N–H and O–H groups in total. The lowest BCUT2D eigenvalue weighted by Gasteiger charge is -2.44. The monoisotopic (exact) mass is 434 g/mol. The fourth-order valence-electron chi connectivity index (χ4n) is 3.89. The van der Waals surface area contributed by atoms with Crippen molar-refractivity contribution < 1.29 is 9.53 Å². The Morgan fingerprint density at radius 2 is 2.12 bits per heavy atom. The topological polar surface area (TPSA) is 32.8 Å². The zero-order chi connectivity index (χ0) is 18.1. The van der Waals surface area contributed by atoms with E-state index < -0.39 is 0 Å². The van der Waals surface area contributed by atoms with Crippen molar-refractivity contribution in [1.29, 1.82) is 0 Å². The van der Waals surface area contributed by atoms with Crippen LogP contribution in [-0.4, -0.2) is 36.7 Å². The molecule has 5 rings (SSSR count). The first-order valence-corrected chi connectivity index (χ1v) is 10.7. The van der Waals surface area contributed by atoms with Crippen LogP contribution < -0.4 is 4.90 Å². The van der Waals surface area contributed by atoms with Crippen LogP contribution >= 0.6 is 27.3 Å². The third-order valence-corrected chi connectivity index (χ3v) is 6.93. The van der Waals surface area contributed by atoms with Crippen molar-refractivity contribution in [2.45, 2.75) is 32.4 Å². The Hall–Kier alpha value is -1.37. The summed E-state index contributed by atoms with van der Waals surface area (Å²) in [4.78, 5) is 18.4. The van der Waals surface area contributed by atoms with Gasteiger partial charge in [-0.05, 0) is 84.5 Å². The molecule has 1 aromatic carbocycles.